The van der Waals surface area contributed by atoms with Gasteiger partial charge in [0.05, 0.1) is 0 Å². The van der Waals surface area contributed by atoms with Gasteiger partial charge in [0.2, 0.25) is 0 Å². The Labute approximate surface area is 92.6 Å². The molecule has 0 radical (unpaired) electrons. The summed E-state index contributed by atoms with van der Waals surface area (Å²) >= 11 is 3.43. The highest BCUT2D eigenvalue weighted by atomic mass is 79.9. The zero-order valence-corrected chi connectivity index (χ0v) is 9.75. The second-order valence-corrected chi connectivity index (χ2v) is 4.59. The standard InChI is InChI=1S/C11H14BrNO/c1-2-8-6-10(13)9-4-3-7(12)5-11(9)14-8/h3-5,8,10H,2,6,13H2,1H3/t8?,10-/m1/s1. The van der Waals surface area contributed by atoms with Crippen LogP contribution in [0, 0.1) is 0 Å². The molecule has 0 aromatic heterocycles. The van der Waals surface area contributed by atoms with Gasteiger partial charge in [-0.2, -0.15) is 0 Å². The second kappa shape index (κ2) is 3.91. The van der Waals surface area contributed by atoms with Crippen molar-refractivity contribution < 1.29 is 4.74 Å². The topological polar surface area (TPSA) is 35.2 Å². The number of hydrogen-bond donors (Lipinski definition) is 1. The van der Waals surface area contributed by atoms with Crippen molar-refractivity contribution in [3.63, 3.8) is 0 Å². The molecule has 0 aliphatic carbocycles. The van der Waals surface area contributed by atoms with Gasteiger partial charge < -0.3 is 10.5 Å². The molecule has 76 valence electrons. The molecule has 2 rings (SSSR count). The zero-order valence-electron chi connectivity index (χ0n) is 8.16. The minimum absolute atomic E-state index is 0.122. The van der Waals surface area contributed by atoms with Crippen LogP contribution in [0.15, 0.2) is 22.7 Å². The van der Waals surface area contributed by atoms with Crippen molar-refractivity contribution in [1.29, 1.82) is 0 Å². The number of benzene rings is 1. The van der Waals surface area contributed by atoms with Crippen molar-refractivity contribution in [2.24, 2.45) is 5.73 Å². The lowest BCUT2D eigenvalue weighted by Crippen LogP contribution is -2.28. The van der Waals surface area contributed by atoms with Crippen LogP contribution in [0.25, 0.3) is 0 Å². The molecular weight excluding hydrogens is 242 g/mol. The minimum Gasteiger partial charge on any atom is -0.490 e. The highest BCUT2D eigenvalue weighted by Crippen LogP contribution is 2.35. The van der Waals surface area contributed by atoms with Crippen LogP contribution in [0.1, 0.15) is 31.4 Å². The quantitative estimate of drug-likeness (QED) is 0.838. The van der Waals surface area contributed by atoms with Gasteiger partial charge in [0.25, 0.3) is 0 Å². The normalized spacial score (nSPS) is 25.4. The molecule has 0 bridgehead atoms. The summed E-state index contributed by atoms with van der Waals surface area (Å²) in [5.74, 6) is 0.935. The summed E-state index contributed by atoms with van der Waals surface area (Å²) in [6.45, 7) is 2.13. The van der Waals surface area contributed by atoms with E-state index in [0.717, 1.165) is 28.6 Å². The first kappa shape index (κ1) is 9.99. The zero-order chi connectivity index (χ0) is 10.1. The summed E-state index contributed by atoms with van der Waals surface area (Å²) < 4.78 is 6.86. The predicted octanol–water partition coefficient (Wildman–Crippen LogP) is 3.01. The molecule has 1 aliphatic rings. The summed E-state index contributed by atoms with van der Waals surface area (Å²) in [6, 6.07) is 6.16. The maximum Gasteiger partial charge on any atom is 0.125 e. The average Bonchev–Trinajstić information content (AvgIpc) is 2.16. The number of ether oxygens (including phenoxy) is 1. The molecule has 1 aliphatic heterocycles. The van der Waals surface area contributed by atoms with E-state index in [-0.39, 0.29) is 12.1 Å². The lowest BCUT2D eigenvalue weighted by Gasteiger charge is -2.29. The Morgan fingerprint density at radius 1 is 1.57 bits per heavy atom. The molecule has 0 saturated carbocycles. The fourth-order valence-corrected chi connectivity index (χ4v) is 2.14. The van der Waals surface area contributed by atoms with Crippen LogP contribution in [0.4, 0.5) is 0 Å². The van der Waals surface area contributed by atoms with Gasteiger partial charge in [0.15, 0.2) is 0 Å². The van der Waals surface area contributed by atoms with Gasteiger partial charge in [-0.25, -0.2) is 0 Å². The molecular formula is C11H14BrNO. The van der Waals surface area contributed by atoms with Crippen LogP contribution in [-0.2, 0) is 0 Å². The highest BCUT2D eigenvalue weighted by Gasteiger charge is 2.24. The van der Waals surface area contributed by atoms with Gasteiger partial charge in [-0.05, 0) is 18.6 Å². The number of fused-ring (bicyclic) bond motifs is 1. The molecule has 1 aromatic rings. The lowest BCUT2D eigenvalue weighted by atomic mass is 9.96. The molecule has 0 saturated heterocycles. The first-order valence-electron chi connectivity index (χ1n) is 4.92. The summed E-state index contributed by atoms with van der Waals surface area (Å²) in [5, 5.41) is 0. The third-order valence-corrected chi connectivity index (χ3v) is 3.13. The van der Waals surface area contributed by atoms with Gasteiger partial charge in [-0.3, -0.25) is 0 Å². The number of rotatable bonds is 1. The summed E-state index contributed by atoms with van der Waals surface area (Å²) in [7, 11) is 0. The summed E-state index contributed by atoms with van der Waals surface area (Å²) in [5.41, 5.74) is 7.19. The SMILES string of the molecule is CCC1C[C@@H](N)c2ccc(Br)cc2O1. The van der Waals surface area contributed by atoms with Gasteiger partial charge in [0.1, 0.15) is 11.9 Å². The Hall–Kier alpha value is -0.540. The second-order valence-electron chi connectivity index (χ2n) is 3.67. The van der Waals surface area contributed by atoms with Gasteiger partial charge in [-0.15, -0.1) is 0 Å². The molecule has 1 aromatic carbocycles. The molecule has 1 heterocycles. The monoisotopic (exact) mass is 255 g/mol. The van der Waals surface area contributed by atoms with E-state index in [0.29, 0.717) is 0 Å². The van der Waals surface area contributed by atoms with E-state index in [4.69, 9.17) is 10.5 Å². The maximum absolute atomic E-state index is 6.07. The van der Waals surface area contributed by atoms with Crippen LogP contribution in [-0.4, -0.2) is 6.10 Å². The van der Waals surface area contributed by atoms with Crippen LogP contribution in [0.2, 0.25) is 0 Å². The van der Waals surface area contributed by atoms with Crippen molar-refractivity contribution in [3.8, 4) is 5.75 Å². The summed E-state index contributed by atoms with van der Waals surface area (Å²) in [4.78, 5) is 0. The first-order valence-corrected chi connectivity index (χ1v) is 5.71. The molecule has 0 fully saturated rings. The van der Waals surface area contributed by atoms with Crippen molar-refractivity contribution in [1.82, 2.24) is 0 Å². The minimum atomic E-state index is 0.122. The van der Waals surface area contributed by atoms with E-state index in [2.05, 4.69) is 22.9 Å². The highest BCUT2D eigenvalue weighted by molar-refractivity contribution is 9.10. The third-order valence-electron chi connectivity index (χ3n) is 2.64. The van der Waals surface area contributed by atoms with Crippen LogP contribution in [0.3, 0.4) is 0 Å². The van der Waals surface area contributed by atoms with E-state index < -0.39 is 0 Å². The lowest BCUT2D eigenvalue weighted by molar-refractivity contribution is 0.155. The molecule has 2 atom stereocenters. The molecule has 1 unspecified atom stereocenters. The molecule has 0 spiro atoms. The third kappa shape index (κ3) is 1.79. The molecule has 3 heteroatoms. The molecule has 2 N–H and O–H groups in total. The Morgan fingerprint density at radius 3 is 3.07 bits per heavy atom. The van der Waals surface area contributed by atoms with Gasteiger partial charge >= 0.3 is 0 Å². The maximum atomic E-state index is 6.07. The van der Waals surface area contributed by atoms with Crippen LogP contribution < -0.4 is 10.5 Å². The van der Waals surface area contributed by atoms with Crippen molar-refractivity contribution in [2.45, 2.75) is 31.9 Å². The van der Waals surface area contributed by atoms with E-state index in [9.17, 15) is 0 Å². The first-order chi connectivity index (χ1) is 6.70. The molecule has 0 amide bonds. The Bertz CT molecular complexity index is 340. The van der Waals surface area contributed by atoms with E-state index in [1.165, 1.54) is 0 Å². The van der Waals surface area contributed by atoms with Crippen LogP contribution >= 0.6 is 15.9 Å². The Kier molecular flexibility index (Phi) is 2.79. The van der Waals surface area contributed by atoms with Crippen LogP contribution in [0.5, 0.6) is 5.75 Å². The van der Waals surface area contributed by atoms with Gasteiger partial charge in [0, 0.05) is 22.5 Å². The molecule has 14 heavy (non-hydrogen) atoms. The van der Waals surface area contributed by atoms with E-state index in [1.54, 1.807) is 0 Å². The van der Waals surface area contributed by atoms with Crippen molar-refractivity contribution in [2.75, 3.05) is 0 Å². The largest absolute Gasteiger partial charge is 0.490 e. The Morgan fingerprint density at radius 2 is 2.36 bits per heavy atom. The smallest absolute Gasteiger partial charge is 0.125 e. The molecule has 2 nitrogen and oxygen atoms in total. The van der Waals surface area contributed by atoms with E-state index >= 15 is 0 Å². The predicted molar refractivity (Wildman–Crippen MR) is 60.4 cm³/mol. The number of hydrogen-bond acceptors (Lipinski definition) is 2. The fraction of sp³-hybridized carbons (Fsp3) is 0.455. The average molecular weight is 256 g/mol. The summed E-state index contributed by atoms with van der Waals surface area (Å²) in [6.07, 6.45) is 2.21. The van der Waals surface area contributed by atoms with Crippen molar-refractivity contribution in [3.05, 3.63) is 28.2 Å². The number of nitrogens with two attached hydrogens (primary N) is 1. The number of halogens is 1. The van der Waals surface area contributed by atoms with E-state index in [1.807, 2.05) is 18.2 Å². The Balaban J connectivity index is 2.35. The fourth-order valence-electron chi connectivity index (χ4n) is 1.80. The van der Waals surface area contributed by atoms with Crippen molar-refractivity contribution >= 4 is 15.9 Å². The van der Waals surface area contributed by atoms with Gasteiger partial charge in [-0.1, -0.05) is 28.9 Å².